The van der Waals surface area contributed by atoms with E-state index < -0.39 is 0 Å². The minimum atomic E-state index is 0.209. The van der Waals surface area contributed by atoms with Crippen LogP contribution in [-0.4, -0.2) is 62.0 Å². The van der Waals surface area contributed by atoms with E-state index >= 15 is 0 Å². The molecule has 5 aromatic carbocycles. The third kappa shape index (κ3) is 8.27. The summed E-state index contributed by atoms with van der Waals surface area (Å²) >= 11 is 0. The fraction of sp³-hybridized carbons (Fsp3) is 0.333. The Morgan fingerprint density at radius 2 is 1.12 bits per heavy atom. The molecule has 0 aliphatic carbocycles. The summed E-state index contributed by atoms with van der Waals surface area (Å²) in [7, 11) is 0. The van der Waals surface area contributed by atoms with Gasteiger partial charge in [0.1, 0.15) is 0 Å². The van der Waals surface area contributed by atoms with Crippen molar-refractivity contribution in [2.45, 2.75) is 52.9 Å². The van der Waals surface area contributed by atoms with Crippen molar-refractivity contribution in [1.82, 2.24) is 9.13 Å². The van der Waals surface area contributed by atoms with Crippen LogP contribution in [0.4, 0.5) is 0 Å². The molecule has 0 N–H and O–H groups in total. The van der Waals surface area contributed by atoms with E-state index in [0.29, 0.717) is 6.61 Å². The molecule has 4 heterocycles. The number of para-hydroxylation sites is 1. The highest BCUT2D eigenvalue weighted by molar-refractivity contribution is 6.09. The SMILES string of the molecule is CCC1(COCCCc2ccc3c(cccccc(C)n3-c3cccc(-c4cccc(-n5c6ccccc6c6cc(CCOCC7(CC)COC7)ccc65)c4)c3)c2)COC1. The maximum absolute atomic E-state index is 6.19. The highest BCUT2D eigenvalue weighted by Crippen LogP contribution is 2.36. The van der Waals surface area contributed by atoms with Crippen LogP contribution in [0.5, 0.6) is 0 Å². The molecule has 60 heavy (non-hydrogen) atoms. The molecule has 2 aliphatic heterocycles. The summed E-state index contributed by atoms with van der Waals surface area (Å²) in [4.78, 5) is 0. The van der Waals surface area contributed by atoms with Gasteiger partial charge in [-0.05, 0) is 127 Å². The normalized spacial score (nSPS) is 15.5. The van der Waals surface area contributed by atoms with Crippen molar-refractivity contribution in [2.24, 2.45) is 10.8 Å². The lowest BCUT2D eigenvalue weighted by Gasteiger charge is -2.40. The van der Waals surface area contributed by atoms with Gasteiger partial charge in [0.15, 0.2) is 0 Å². The van der Waals surface area contributed by atoms with Crippen LogP contribution in [0.2, 0.25) is 0 Å². The van der Waals surface area contributed by atoms with E-state index in [1.807, 2.05) is 0 Å². The predicted octanol–water partition coefficient (Wildman–Crippen LogP) is 12.2. The van der Waals surface area contributed by atoms with Gasteiger partial charge in [0.2, 0.25) is 0 Å². The Balaban J connectivity index is 0.990. The number of hydrogen-bond donors (Lipinski definition) is 0. The fourth-order valence-corrected chi connectivity index (χ4v) is 8.93. The molecule has 2 aliphatic rings. The van der Waals surface area contributed by atoms with E-state index in [1.54, 1.807) is 0 Å². The maximum atomic E-state index is 6.19. The zero-order valence-electron chi connectivity index (χ0n) is 35.5. The molecule has 0 atom stereocenters. The zero-order chi connectivity index (χ0) is 40.9. The Bertz CT molecular complexity index is 2650. The number of aromatic nitrogens is 2. The van der Waals surface area contributed by atoms with Crippen LogP contribution in [0.25, 0.3) is 55.2 Å². The summed E-state index contributed by atoms with van der Waals surface area (Å²) in [5.74, 6) is 0. The van der Waals surface area contributed by atoms with Crippen LogP contribution in [0.15, 0.2) is 140 Å². The van der Waals surface area contributed by atoms with E-state index in [-0.39, 0.29) is 10.8 Å². The van der Waals surface area contributed by atoms with Crippen LogP contribution < -0.4 is 0 Å². The molecule has 9 rings (SSSR count). The van der Waals surface area contributed by atoms with Crippen LogP contribution in [0.3, 0.4) is 0 Å². The molecular weight excluding hydrogens is 741 g/mol. The van der Waals surface area contributed by atoms with Gasteiger partial charge in [-0.25, -0.2) is 0 Å². The van der Waals surface area contributed by atoms with Crippen LogP contribution in [-0.2, 0) is 31.8 Å². The largest absolute Gasteiger partial charge is 0.381 e. The van der Waals surface area contributed by atoms with Crippen molar-refractivity contribution in [3.63, 3.8) is 0 Å². The van der Waals surface area contributed by atoms with E-state index in [2.05, 4.69) is 169 Å². The van der Waals surface area contributed by atoms with Gasteiger partial charge >= 0.3 is 0 Å². The Morgan fingerprint density at radius 3 is 1.80 bits per heavy atom. The summed E-state index contributed by atoms with van der Waals surface area (Å²) < 4.78 is 28.1. The molecule has 0 spiro atoms. The van der Waals surface area contributed by atoms with Crippen molar-refractivity contribution < 1.29 is 18.9 Å². The average Bonchev–Trinajstić information content (AvgIpc) is 3.61. The summed E-state index contributed by atoms with van der Waals surface area (Å²) in [5, 5.41) is 3.73. The van der Waals surface area contributed by atoms with Crippen molar-refractivity contribution in [1.29, 1.82) is 0 Å². The van der Waals surface area contributed by atoms with Gasteiger partial charge in [0.05, 0.1) is 62.8 Å². The number of nitrogens with zero attached hydrogens (tertiary/aromatic N) is 2. The average molecular weight is 799 g/mol. The van der Waals surface area contributed by atoms with Crippen molar-refractivity contribution in [3.8, 4) is 22.5 Å². The third-order valence-corrected chi connectivity index (χ3v) is 13.0. The first-order chi connectivity index (χ1) is 29.5. The van der Waals surface area contributed by atoms with Gasteiger partial charge < -0.3 is 28.1 Å². The summed E-state index contributed by atoms with van der Waals surface area (Å²) in [6.07, 6.45) is 5.06. The predicted molar refractivity (Wildman–Crippen MR) is 246 cm³/mol. The molecule has 7 aromatic rings. The molecule has 0 amide bonds. The van der Waals surface area contributed by atoms with E-state index in [4.69, 9.17) is 18.9 Å². The lowest BCUT2D eigenvalue weighted by Crippen LogP contribution is -2.45. The van der Waals surface area contributed by atoms with Gasteiger partial charge in [-0.2, -0.15) is 0 Å². The molecule has 6 nitrogen and oxygen atoms in total. The molecule has 2 aromatic heterocycles. The second-order valence-electron chi connectivity index (χ2n) is 17.2. The van der Waals surface area contributed by atoms with E-state index in [0.717, 1.165) is 95.4 Å². The standard InChI is InChI=1S/C54H58N2O4/c1-4-53(36-59-37-53)34-57-28-13-15-41-23-25-50-45(30-41)16-8-6-7-14-40(3)55(50)46-19-11-17-43(32-46)44-18-12-20-47(33-44)56-51-22-10-9-21-48(51)49-31-42(24-26-52(49)56)27-29-58-35-54(5-2)38-60-39-54/h6-12,14,16-26,30-33H,4-5,13,15,27-29,34-39H2,1-3H3. The fourth-order valence-electron chi connectivity index (χ4n) is 8.93. The lowest BCUT2D eigenvalue weighted by molar-refractivity contribution is -0.150. The lowest BCUT2D eigenvalue weighted by atomic mass is 9.84. The Labute approximate surface area is 355 Å². The van der Waals surface area contributed by atoms with Crippen molar-refractivity contribution in [3.05, 3.63) is 156 Å². The first-order valence-corrected chi connectivity index (χ1v) is 22.0. The molecule has 0 bridgehead atoms. The Morgan fingerprint density at radius 1 is 0.517 bits per heavy atom. The quantitative estimate of drug-likeness (QED) is 0.0914. The van der Waals surface area contributed by atoms with Crippen molar-refractivity contribution >= 4 is 32.7 Å². The topological polar surface area (TPSA) is 46.8 Å². The molecule has 0 saturated carbocycles. The number of hydrogen-bond acceptors (Lipinski definition) is 4. The number of rotatable bonds is 16. The minimum absolute atomic E-state index is 0.209. The molecule has 0 radical (unpaired) electrons. The first kappa shape index (κ1) is 40.2. The summed E-state index contributed by atoms with van der Waals surface area (Å²) in [5.41, 5.74) is 12.4. The van der Waals surface area contributed by atoms with Crippen LogP contribution >= 0.6 is 0 Å². The molecule has 6 heteroatoms. The second-order valence-corrected chi connectivity index (χ2v) is 17.2. The van der Waals surface area contributed by atoms with Gasteiger partial charge in [0.25, 0.3) is 0 Å². The maximum Gasteiger partial charge on any atom is 0.0566 e. The third-order valence-electron chi connectivity index (χ3n) is 13.0. The minimum Gasteiger partial charge on any atom is -0.381 e. The smallest absolute Gasteiger partial charge is 0.0566 e. The Kier molecular flexibility index (Phi) is 11.9. The van der Waals surface area contributed by atoms with Crippen molar-refractivity contribution in [2.75, 3.05) is 52.9 Å². The van der Waals surface area contributed by atoms with Gasteiger partial charge in [-0.1, -0.05) is 92.7 Å². The highest BCUT2D eigenvalue weighted by atomic mass is 16.5. The highest BCUT2D eigenvalue weighted by Gasteiger charge is 2.37. The molecule has 308 valence electrons. The summed E-state index contributed by atoms with van der Waals surface area (Å²) in [6, 6.07) is 51.4. The number of fused-ring (bicyclic) bond motifs is 4. The molecule has 2 fully saturated rings. The number of aryl methyl sites for hydroxylation is 2. The van der Waals surface area contributed by atoms with Gasteiger partial charge in [-0.15, -0.1) is 0 Å². The Hall–Kier alpha value is -5.24. The van der Waals surface area contributed by atoms with Gasteiger partial charge in [-0.3, -0.25) is 0 Å². The van der Waals surface area contributed by atoms with E-state index in [1.165, 1.54) is 55.0 Å². The second kappa shape index (κ2) is 17.8. The molecule has 2 saturated heterocycles. The monoisotopic (exact) mass is 798 g/mol. The van der Waals surface area contributed by atoms with Gasteiger partial charge in [0, 0.05) is 45.3 Å². The van der Waals surface area contributed by atoms with E-state index in [9.17, 15) is 0 Å². The zero-order valence-corrected chi connectivity index (χ0v) is 35.5. The first-order valence-electron chi connectivity index (χ1n) is 22.0. The molecule has 0 unspecified atom stereocenters. The summed E-state index contributed by atoms with van der Waals surface area (Å²) in [6.45, 7) is 13.0. The van der Waals surface area contributed by atoms with Crippen LogP contribution in [0, 0.1) is 17.8 Å². The molecular formula is C54H58N2O4. The number of ether oxygens (including phenoxy) is 4. The van der Waals surface area contributed by atoms with Crippen LogP contribution in [0.1, 0.15) is 49.9 Å². The number of benzene rings is 5.